The van der Waals surface area contributed by atoms with Gasteiger partial charge in [-0.2, -0.15) is 0 Å². The number of aromatic nitrogens is 3. The molecule has 5 heteroatoms. The van der Waals surface area contributed by atoms with Crippen LogP contribution in [0.25, 0.3) is 0 Å². The molecule has 130 valence electrons. The van der Waals surface area contributed by atoms with Crippen LogP contribution >= 0.6 is 0 Å². The lowest BCUT2D eigenvalue weighted by molar-refractivity contribution is 0.0106. The van der Waals surface area contributed by atoms with Crippen molar-refractivity contribution in [3.8, 4) is 0 Å². The lowest BCUT2D eigenvalue weighted by atomic mass is 9.82. The highest BCUT2D eigenvalue weighted by atomic mass is 16.5. The van der Waals surface area contributed by atoms with E-state index in [1.807, 2.05) is 0 Å². The summed E-state index contributed by atoms with van der Waals surface area (Å²) in [4.78, 5) is 2.38. The molecular formula is C18H32N4O. The van der Waals surface area contributed by atoms with Crippen LogP contribution in [0.4, 0.5) is 5.95 Å². The highest BCUT2D eigenvalue weighted by Crippen LogP contribution is 2.31. The zero-order chi connectivity index (χ0) is 16.4. The molecule has 2 heterocycles. The molecule has 1 aromatic rings. The molecule has 1 saturated heterocycles. The van der Waals surface area contributed by atoms with Crippen molar-refractivity contribution >= 4 is 5.95 Å². The Kier molecular flexibility index (Phi) is 5.24. The highest BCUT2D eigenvalue weighted by Gasteiger charge is 2.28. The minimum absolute atomic E-state index is 0.295. The number of rotatable bonds is 4. The minimum atomic E-state index is 0.295. The molecule has 0 N–H and O–H groups in total. The van der Waals surface area contributed by atoms with Gasteiger partial charge in [0.1, 0.15) is 5.82 Å². The lowest BCUT2D eigenvalue weighted by Gasteiger charge is -2.36. The number of morpholine rings is 1. The molecule has 3 unspecified atom stereocenters. The fourth-order valence-corrected chi connectivity index (χ4v) is 4.06. The summed E-state index contributed by atoms with van der Waals surface area (Å²) in [6, 6.07) is 0. The van der Waals surface area contributed by atoms with Crippen LogP contribution in [0.5, 0.6) is 0 Å². The molecule has 1 aliphatic carbocycles. The number of anilines is 1. The Labute approximate surface area is 140 Å². The molecule has 23 heavy (non-hydrogen) atoms. The van der Waals surface area contributed by atoms with E-state index in [1.165, 1.54) is 25.7 Å². The normalized spacial score (nSPS) is 29.3. The summed E-state index contributed by atoms with van der Waals surface area (Å²) in [6.45, 7) is 12.6. The molecule has 0 amide bonds. The van der Waals surface area contributed by atoms with Crippen molar-refractivity contribution in [2.75, 3.05) is 24.6 Å². The molecule has 0 aromatic carbocycles. The van der Waals surface area contributed by atoms with E-state index in [1.54, 1.807) is 0 Å². The van der Waals surface area contributed by atoms with E-state index in [0.717, 1.165) is 49.8 Å². The van der Waals surface area contributed by atoms with Crippen molar-refractivity contribution in [2.24, 2.45) is 17.8 Å². The number of aryl methyl sites for hydroxylation is 1. The van der Waals surface area contributed by atoms with Gasteiger partial charge in [-0.3, -0.25) is 4.57 Å². The average molecular weight is 320 g/mol. The Bertz CT molecular complexity index is 513. The van der Waals surface area contributed by atoms with Crippen molar-refractivity contribution in [3.63, 3.8) is 0 Å². The van der Waals surface area contributed by atoms with Crippen LogP contribution in [-0.2, 0) is 11.3 Å². The van der Waals surface area contributed by atoms with Crippen LogP contribution in [-0.4, -0.2) is 40.6 Å². The Hall–Kier alpha value is -1.10. The molecule has 1 saturated carbocycles. The third-order valence-corrected chi connectivity index (χ3v) is 5.52. The van der Waals surface area contributed by atoms with Crippen LogP contribution in [0.1, 0.15) is 52.3 Å². The lowest BCUT2D eigenvalue weighted by Crippen LogP contribution is -2.46. The molecule has 0 radical (unpaired) electrons. The predicted octanol–water partition coefficient (Wildman–Crippen LogP) is 3.27. The van der Waals surface area contributed by atoms with Gasteiger partial charge in [-0.15, -0.1) is 10.2 Å². The maximum atomic E-state index is 5.90. The maximum absolute atomic E-state index is 5.90. The first-order valence-electron chi connectivity index (χ1n) is 9.31. The number of hydrogen-bond acceptors (Lipinski definition) is 4. The Morgan fingerprint density at radius 2 is 2.09 bits per heavy atom. The topological polar surface area (TPSA) is 43.2 Å². The first kappa shape index (κ1) is 16.7. The predicted molar refractivity (Wildman–Crippen MR) is 92.7 cm³/mol. The van der Waals surface area contributed by atoms with E-state index in [-0.39, 0.29) is 0 Å². The average Bonchev–Trinajstić information content (AvgIpc) is 2.88. The van der Waals surface area contributed by atoms with E-state index in [4.69, 9.17) is 4.74 Å². The fraction of sp³-hybridized carbons (Fsp3) is 0.889. The standard InChI is InChI=1S/C18H32N4O/c1-13(2)17-12-21(8-9-23-17)18-20-19-15(4)22(18)11-16-7-5-6-14(3)10-16/h13-14,16-17H,5-12H2,1-4H3. The maximum Gasteiger partial charge on any atom is 0.227 e. The summed E-state index contributed by atoms with van der Waals surface area (Å²) in [7, 11) is 0. The van der Waals surface area contributed by atoms with E-state index >= 15 is 0 Å². The van der Waals surface area contributed by atoms with Crippen LogP contribution < -0.4 is 4.90 Å². The number of hydrogen-bond donors (Lipinski definition) is 0. The largest absolute Gasteiger partial charge is 0.374 e. The van der Waals surface area contributed by atoms with E-state index in [2.05, 4.69) is 47.4 Å². The van der Waals surface area contributed by atoms with Gasteiger partial charge in [0.25, 0.3) is 0 Å². The van der Waals surface area contributed by atoms with Gasteiger partial charge in [0.05, 0.1) is 12.7 Å². The highest BCUT2D eigenvalue weighted by molar-refractivity contribution is 5.32. The van der Waals surface area contributed by atoms with E-state index in [0.29, 0.717) is 12.0 Å². The van der Waals surface area contributed by atoms with Crippen molar-refractivity contribution < 1.29 is 4.74 Å². The monoisotopic (exact) mass is 320 g/mol. The van der Waals surface area contributed by atoms with E-state index in [9.17, 15) is 0 Å². The second-order valence-corrected chi connectivity index (χ2v) is 7.89. The Balaban J connectivity index is 1.73. The first-order chi connectivity index (χ1) is 11.0. The molecule has 3 rings (SSSR count). The van der Waals surface area contributed by atoms with Gasteiger partial charge in [0, 0.05) is 19.6 Å². The molecule has 2 aliphatic rings. The zero-order valence-electron chi connectivity index (χ0n) is 15.2. The second-order valence-electron chi connectivity index (χ2n) is 7.89. The van der Waals surface area contributed by atoms with Gasteiger partial charge in [-0.1, -0.05) is 33.6 Å². The molecule has 2 fully saturated rings. The minimum Gasteiger partial charge on any atom is -0.374 e. The van der Waals surface area contributed by atoms with E-state index < -0.39 is 0 Å². The van der Waals surface area contributed by atoms with Crippen molar-refractivity contribution in [2.45, 2.75) is 66.0 Å². The van der Waals surface area contributed by atoms with Gasteiger partial charge in [-0.25, -0.2) is 0 Å². The summed E-state index contributed by atoms with van der Waals surface area (Å²) >= 11 is 0. The Morgan fingerprint density at radius 1 is 1.26 bits per heavy atom. The molecule has 5 nitrogen and oxygen atoms in total. The van der Waals surface area contributed by atoms with Gasteiger partial charge in [0.15, 0.2) is 0 Å². The summed E-state index contributed by atoms with van der Waals surface area (Å²) in [6.07, 6.45) is 5.75. The van der Waals surface area contributed by atoms with Crippen molar-refractivity contribution in [3.05, 3.63) is 5.82 Å². The van der Waals surface area contributed by atoms with Gasteiger partial charge in [0.2, 0.25) is 5.95 Å². The summed E-state index contributed by atoms with van der Waals surface area (Å²) < 4.78 is 8.26. The van der Waals surface area contributed by atoms with Gasteiger partial charge in [-0.05, 0) is 37.5 Å². The van der Waals surface area contributed by atoms with Crippen LogP contribution in [0.2, 0.25) is 0 Å². The van der Waals surface area contributed by atoms with Crippen molar-refractivity contribution in [1.29, 1.82) is 0 Å². The SMILES string of the molecule is Cc1nnc(N2CCOC(C(C)C)C2)n1CC1CCCC(C)C1. The van der Waals surface area contributed by atoms with Crippen LogP contribution in [0, 0.1) is 24.7 Å². The van der Waals surface area contributed by atoms with Gasteiger partial charge < -0.3 is 9.64 Å². The molecule has 0 spiro atoms. The van der Waals surface area contributed by atoms with Gasteiger partial charge >= 0.3 is 0 Å². The molecule has 1 aromatic heterocycles. The van der Waals surface area contributed by atoms with Crippen LogP contribution in [0.3, 0.4) is 0 Å². The van der Waals surface area contributed by atoms with Crippen LogP contribution in [0.15, 0.2) is 0 Å². The zero-order valence-corrected chi connectivity index (χ0v) is 15.2. The number of ether oxygens (including phenoxy) is 1. The molecular weight excluding hydrogens is 288 g/mol. The first-order valence-corrected chi connectivity index (χ1v) is 9.31. The molecule has 0 bridgehead atoms. The summed E-state index contributed by atoms with van der Waals surface area (Å²) in [5.41, 5.74) is 0. The van der Waals surface area contributed by atoms with Crippen molar-refractivity contribution in [1.82, 2.24) is 14.8 Å². The molecule has 3 atom stereocenters. The third kappa shape index (κ3) is 3.87. The summed E-state index contributed by atoms with van der Waals surface area (Å²) in [5, 5.41) is 8.88. The Morgan fingerprint density at radius 3 is 2.83 bits per heavy atom. The quantitative estimate of drug-likeness (QED) is 0.854. The fourth-order valence-electron chi connectivity index (χ4n) is 4.06. The second kappa shape index (κ2) is 7.20. The smallest absolute Gasteiger partial charge is 0.227 e. The molecule has 1 aliphatic heterocycles. The summed E-state index contributed by atoms with van der Waals surface area (Å²) in [5.74, 6) is 4.27. The third-order valence-electron chi connectivity index (χ3n) is 5.52. The number of nitrogens with zero attached hydrogens (tertiary/aromatic N) is 4.